The molecular formula is C18H29ClN2O. The lowest BCUT2D eigenvalue weighted by molar-refractivity contribution is -0.108. The van der Waals surface area contributed by atoms with Crippen molar-refractivity contribution in [2.24, 2.45) is 0 Å². The van der Waals surface area contributed by atoms with Crippen LogP contribution in [0.25, 0.3) is 0 Å². The number of rotatable bonds is 2. The first kappa shape index (κ1) is 22.5. The molecule has 1 aromatic carbocycles. The zero-order chi connectivity index (χ0) is 17.4. The largest absolute Gasteiger partial charge is 0.378 e. The Labute approximate surface area is 140 Å². The molecule has 22 heavy (non-hydrogen) atoms. The van der Waals surface area contributed by atoms with Gasteiger partial charge in [-0.05, 0) is 36.5 Å². The number of aldehydes is 1. The maximum atomic E-state index is 10.0. The summed E-state index contributed by atoms with van der Waals surface area (Å²) in [5.41, 5.74) is 1.17. The summed E-state index contributed by atoms with van der Waals surface area (Å²) >= 11 is 5.70. The molecule has 1 atom stereocenters. The number of anilines is 1. The molecule has 0 saturated heterocycles. The van der Waals surface area contributed by atoms with Crippen LogP contribution in [0.2, 0.25) is 5.02 Å². The van der Waals surface area contributed by atoms with E-state index in [1.54, 1.807) is 12.3 Å². The van der Waals surface area contributed by atoms with Crippen molar-refractivity contribution in [2.45, 2.75) is 33.7 Å². The van der Waals surface area contributed by atoms with E-state index in [1.165, 1.54) is 5.69 Å². The predicted molar refractivity (Wildman–Crippen MR) is 99.7 cm³/mol. The normalized spacial score (nSPS) is 13.9. The van der Waals surface area contributed by atoms with E-state index in [9.17, 15) is 4.79 Å². The van der Waals surface area contributed by atoms with Gasteiger partial charge in [-0.3, -0.25) is 0 Å². The third-order valence-electron chi connectivity index (χ3n) is 2.30. The second-order valence-electron chi connectivity index (χ2n) is 3.94. The van der Waals surface area contributed by atoms with Crippen LogP contribution in [0.3, 0.4) is 0 Å². The summed E-state index contributed by atoms with van der Waals surface area (Å²) in [5.74, 6) is 0. The summed E-state index contributed by atoms with van der Waals surface area (Å²) in [7, 11) is 4.01. The molecule has 0 radical (unpaired) electrons. The molecule has 1 N–H and O–H groups in total. The van der Waals surface area contributed by atoms with Crippen LogP contribution < -0.4 is 10.2 Å². The standard InChI is InChI=1S/C8H10ClN.C6H7NO.2C2H6/c1-10(2)8-5-3-7(9)4-6-8;8-5-6-3-1-2-4-7-6;2*1-2/h3-6H,1-2H3;1-7H;2*1-2H3. The number of nitrogens with zero attached hydrogens (tertiary/aromatic N) is 1. The number of halogens is 1. The highest BCUT2D eigenvalue weighted by Gasteiger charge is 1.97. The summed E-state index contributed by atoms with van der Waals surface area (Å²) in [6.45, 7) is 8.00. The quantitative estimate of drug-likeness (QED) is 0.801. The minimum Gasteiger partial charge on any atom is -0.378 e. The zero-order valence-corrected chi connectivity index (χ0v) is 15.3. The smallest absolute Gasteiger partial charge is 0.146 e. The number of dihydropyridines is 1. The van der Waals surface area contributed by atoms with E-state index in [1.807, 2.05) is 83.1 Å². The fraction of sp³-hybridized carbons (Fsp3) is 0.389. The third kappa shape index (κ3) is 11.0. The summed E-state index contributed by atoms with van der Waals surface area (Å²) in [4.78, 5) is 12.1. The van der Waals surface area contributed by atoms with Gasteiger partial charge in [0, 0.05) is 24.8 Å². The number of nitrogens with one attached hydrogen (secondary N) is 1. The Morgan fingerprint density at radius 3 is 1.91 bits per heavy atom. The van der Waals surface area contributed by atoms with E-state index >= 15 is 0 Å². The van der Waals surface area contributed by atoms with Gasteiger partial charge in [-0.1, -0.05) is 51.4 Å². The number of hydrogen-bond acceptors (Lipinski definition) is 3. The fourth-order valence-electron chi connectivity index (χ4n) is 1.29. The van der Waals surface area contributed by atoms with E-state index in [0.29, 0.717) is 0 Å². The average Bonchev–Trinajstić information content (AvgIpc) is 2.60. The van der Waals surface area contributed by atoms with Gasteiger partial charge >= 0.3 is 0 Å². The molecule has 4 heteroatoms. The van der Waals surface area contributed by atoms with Gasteiger partial charge in [-0.15, -0.1) is 0 Å². The van der Waals surface area contributed by atoms with Gasteiger partial charge in [-0.25, -0.2) is 0 Å². The SMILES string of the molecule is CC.CC.CN(C)c1ccc(Cl)cc1.O=CC1C=CC=CN1. The Hall–Kier alpha value is -1.74. The molecule has 1 aromatic rings. The highest BCUT2D eigenvalue weighted by Crippen LogP contribution is 2.14. The number of hydrogen-bond donors (Lipinski definition) is 1. The molecule has 2 rings (SSSR count). The predicted octanol–water partition coefficient (Wildman–Crippen LogP) is 4.69. The van der Waals surface area contributed by atoms with Crippen molar-refractivity contribution < 1.29 is 4.79 Å². The summed E-state index contributed by atoms with van der Waals surface area (Å²) in [5, 5.41) is 3.62. The van der Waals surface area contributed by atoms with Crippen LogP contribution in [-0.2, 0) is 4.79 Å². The lowest BCUT2D eigenvalue weighted by Crippen LogP contribution is -2.24. The molecule has 3 nitrogen and oxygen atoms in total. The van der Waals surface area contributed by atoms with Crippen LogP contribution in [0.1, 0.15) is 27.7 Å². The molecule has 0 aliphatic carbocycles. The van der Waals surface area contributed by atoms with E-state index in [4.69, 9.17) is 11.6 Å². The van der Waals surface area contributed by atoms with Gasteiger partial charge in [0.1, 0.15) is 12.3 Å². The topological polar surface area (TPSA) is 32.3 Å². The molecule has 1 aliphatic heterocycles. The Balaban J connectivity index is 0. The molecule has 1 heterocycles. The number of allylic oxidation sites excluding steroid dienone is 2. The van der Waals surface area contributed by atoms with Gasteiger partial charge in [0.05, 0.1) is 0 Å². The number of carbonyl (C=O) groups excluding carboxylic acids is 1. The third-order valence-corrected chi connectivity index (χ3v) is 2.56. The zero-order valence-electron chi connectivity index (χ0n) is 14.5. The van der Waals surface area contributed by atoms with Crippen molar-refractivity contribution in [3.05, 3.63) is 53.7 Å². The molecule has 0 saturated carbocycles. The Morgan fingerprint density at radius 2 is 1.59 bits per heavy atom. The highest BCUT2D eigenvalue weighted by molar-refractivity contribution is 6.30. The second kappa shape index (κ2) is 15.6. The maximum Gasteiger partial charge on any atom is 0.146 e. The first-order chi connectivity index (χ1) is 10.6. The van der Waals surface area contributed by atoms with Crippen molar-refractivity contribution in [3.63, 3.8) is 0 Å². The summed E-state index contributed by atoms with van der Waals surface area (Å²) < 4.78 is 0. The van der Waals surface area contributed by atoms with Gasteiger partial charge in [0.25, 0.3) is 0 Å². The molecule has 0 spiro atoms. The van der Waals surface area contributed by atoms with Gasteiger partial charge in [0.2, 0.25) is 0 Å². The van der Waals surface area contributed by atoms with Crippen molar-refractivity contribution in [1.82, 2.24) is 5.32 Å². The van der Waals surface area contributed by atoms with Crippen LogP contribution >= 0.6 is 11.6 Å². The molecule has 0 fully saturated rings. The molecule has 0 aromatic heterocycles. The molecule has 124 valence electrons. The number of carbonyl (C=O) groups is 1. The minimum absolute atomic E-state index is 0.111. The maximum absolute atomic E-state index is 10.0. The van der Waals surface area contributed by atoms with Gasteiger partial charge in [-0.2, -0.15) is 0 Å². The Bertz CT molecular complexity index is 425. The molecule has 1 unspecified atom stereocenters. The van der Waals surface area contributed by atoms with Crippen molar-refractivity contribution in [2.75, 3.05) is 19.0 Å². The number of benzene rings is 1. The summed E-state index contributed by atoms with van der Waals surface area (Å²) in [6, 6.07) is 7.64. The average molecular weight is 325 g/mol. The molecule has 0 bridgehead atoms. The van der Waals surface area contributed by atoms with Crippen LogP contribution in [-0.4, -0.2) is 26.4 Å². The second-order valence-corrected chi connectivity index (χ2v) is 4.38. The monoisotopic (exact) mass is 324 g/mol. The minimum atomic E-state index is -0.111. The molecule has 1 aliphatic rings. The van der Waals surface area contributed by atoms with Crippen LogP contribution in [0.5, 0.6) is 0 Å². The van der Waals surface area contributed by atoms with Crippen molar-refractivity contribution in [1.29, 1.82) is 0 Å². The lowest BCUT2D eigenvalue weighted by Gasteiger charge is -2.11. The van der Waals surface area contributed by atoms with Crippen LogP contribution in [0.15, 0.2) is 48.7 Å². The first-order valence-corrected chi connectivity index (χ1v) is 7.99. The van der Waals surface area contributed by atoms with Crippen LogP contribution in [0, 0.1) is 0 Å². The lowest BCUT2D eigenvalue weighted by atomic mass is 10.2. The Morgan fingerprint density at radius 1 is 1.05 bits per heavy atom. The highest BCUT2D eigenvalue weighted by atomic mass is 35.5. The van der Waals surface area contributed by atoms with E-state index in [-0.39, 0.29) is 6.04 Å². The Kier molecular flexibility index (Phi) is 16.0. The molecular weight excluding hydrogens is 296 g/mol. The summed E-state index contributed by atoms with van der Waals surface area (Å²) in [6.07, 6.45) is 8.10. The van der Waals surface area contributed by atoms with E-state index in [2.05, 4.69) is 5.32 Å². The van der Waals surface area contributed by atoms with E-state index in [0.717, 1.165) is 11.3 Å². The van der Waals surface area contributed by atoms with Gasteiger partial charge in [0.15, 0.2) is 0 Å². The molecule has 0 amide bonds. The van der Waals surface area contributed by atoms with E-state index < -0.39 is 0 Å². The van der Waals surface area contributed by atoms with Crippen molar-refractivity contribution in [3.8, 4) is 0 Å². The first-order valence-electron chi connectivity index (χ1n) is 7.61. The van der Waals surface area contributed by atoms with Crippen molar-refractivity contribution >= 4 is 23.6 Å². The fourth-order valence-corrected chi connectivity index (χ4v) is 1.41. The van der Waals surface area contributed by atoms with Crippen LogP contribution in [0.4, 0.5) is 5.69 Å². The van der Waals surface area contributed by atoms with Gasteiger partial charge < -0.3 is 15.0 Å².